The summed E-state index contributed by atoms with van der Waals surface area (Å²) in [6, 6.07) is 9.69. The van der Waals surface area contributed by atoms with Crippen molar-refractivity contribution in [2.24, 2.45) is 0 Å². The van der Waals surface area contributed by atoms with Gasteiger partial charge in [0, 0.05) is 17.8 Å². The van der Waals surface area contributed by atoms with Crippen LogP contribution in [0.15, 0.2) is 47.4 Å². The summed E-state index contributed by atoms with van der Waals surface area (Å²) in [5.41, 5.74) is -0.719. The van der Waals surface area contributed by atoms with Gasteiger partial charge in [-0.25, -0.2) is 8.42 Å². The summed E-state index contributed by atoms with van der Waals surface area (Å²) >= 11 is 0. The van der Waals surface area contributed by atoms with Crippen molar-refractivity contribution in [2.45, 2.75) is 4.90 Å². The first-order valence-corrected chi connectivity index (χ1v) is 7.30. The zero-order chi connectivity index (χ0) is 16.3. The van der Waals surface area contributed by atoms with E-state index in [2.05, 4.69) is 0 Å². The number of anilines is 1. The van der Waals surface area contributed by atoms with Crippen molar-refractivity contribution in [3.63, 3.8) is 0 Å². The van der Waals surface area contributed by atoms with Crippen LogP contribution < -0.4 is 9.83 Å². The van der Waals surface area contributed by atoms with Gasteiger partial charge in [-0.1, -0.05) is 17.9 Å². The molecule has 1 N–H and O–H groups in total. The predicted octanol–water partition coefficient (Wildman–Crippen LogP) is 1.34. The van der Waals surface area contributed by atoms with E-state index in [4.69, 9.17) is 5.26 Å². The SMILES string of the molecule is N#Cc1cccc(S(=O)(=O)Nc2cc([N+](=O)[O-])ccc2[O-])c1. The number of sulfonamides is 1. The lowest BCUT2D eigenvalue weighted by atomic mass is 10.2. The van der Waals surface area contributed by atoms with E-state index in [0.717, 1.165) is 24.3 Å². The summed E-state index contributed by atoms with van der Waals surface area (Å²) in [6.07, 6.45) is 0. The fraction of sp³-hybridized carbons (Fsp3) is 0. The largest absolute Gasteiger partial charge is 0.871 e. The van der Waals surface area contributed by atoms with Crippen LogP contribution in [0, 0.1) is 21.4 Å². The zero-order valence-corrected chi connectivity index (χ0v) is 11.7. The van der Waals surface area contributed by atoms with Gasteiger partial charge in [-0.2, -0.15) is 5.26 Å². The quantitative estimate of drug-likeness (QED) is 0.667. The molecule has 2 aromatic rings. The maximum Gasteiger partial charge on any atom is 0.271 e. The van der Waals surface area contributed by atoms with Gasteiger partial charge in [-0.3, -0.25) is 14.8 Å². The smallest absolute Gasteiger partial charge is 0.271 e. The molecule has 0 heterocycles. The summed E-state index contributed by atoms with van der Waals surface area (Å²) < 4.78 is 26.3. The molecule has 0 aliphatic carbocycles. The molecule has 0 saturated carbocycles. The van der Waals surface area contributed by atoms with Gasteiger partial charge in [-0.15, -0.1) is 0 Å². The molecule has 0 amide bonds. The van der Waals surface area contributed by atoms with E-state index >= 15 is 0 Å². The average molecular weight is 318 g/mol. The second-order valence-corrected chi connectivity index (χ2v) is 5.87. The van der Waals surface area contributed by atoms with E-state index in [0.29, 0.717) is 0 Å². The van der Waals surface area contributed by atoms with Crippen molar-refractivity contribution >= 4 is 21.4 Å². The van der Waals surface area contributed by atoms with Gasteiger partial charge in [0.25, 0.3) is 15.7 Å². The van der Waals surface area contributed by atoms with E-state index < -0.39 is 32.1 Å². The van der Waals surface area contributed by atoms with Crippen LogP contribution in [0.1, 0.15) is 5.56 Å². The Bertz CT molecular complexity index is 887. The number of rotatable bonds is 4. The summed E-state index contributed by atoms with van der Waals surface area (Å²) in [5.74, 6) is -0.703. The molecule has 0 fully saturated rings. The van der Waals surface area contributed by atoms with Crippen LogP contribution >= 0.6 is 0 Å². The third kappa shape index (κ3) is 3.13. The molecule has 9 heteroatoms. The highest BCUT2D eigenvalue weighted by atomic mass is 32.2. The molecule has 0 atom stereocenters. The zero-order valence-electron chi connectivity index (χ0n) is 10.9. The number of nitrogens with one attached hydrogen (secondary N) is 1. The number of nitriles is 1. The molecule has 0 bridgehead atoms. The van der Waals surface area contributed by atoms with Gasteiger partial charge in [0.15, 0.2) is 0 Å². The predicted molar refractivity (Wildman–Crippen MR) is 74.5 cm³/mol. The lowest BCUT2D eigenvalue weighted by molar-refractivity contribution is -0.385. The van der Waals surface area contributed by atoms with E-state index in [-0.39, 0.29) is 10.5 Å². The Morgan fingerprint density at radius 1 is 1.18 bits per heavy atom. The minimum absolute atomic E-state index is 0.129. The molecule has 0 radical (unpaired) electrons. The number of nitro groups is 1. The minimum Gasteiger partial charge on any atom is -0.871 e. The fourth-order valence-electron chi connectivity index (χ4n) is 1.65. The highest BCUT2D eigenvalue weighted by molar-refractivity contribution is 7.92. The van der Waals surface area contributed by atoms with Crippen molar-refractivity contribution in [1.29, 1.82) is 5.26 Å². The van der Waals surface area contributed by atoms with Gasteiger partial charge in [0.2, 0.25) is 0 Å². The van der Waals surface area contributed by atoms with Crippen molar-refractivity contribution in [3.05, 3.63) is 58.1 Å². The van der Waals surface area contributed by atoms with E-state index in [1.807, 2.05) is 4.72 Å². The van der Waals surface area contributed by atoms with Gasteiger partial charge in [0.1, 0.15) is 0 Å². The third-order valence-corrected chi connectivity index (χ3v) is 4.05. The Hall–Kier alpha value is -3.12. The Kier molecular flexibility index (Phi) is 3.96. The molecule has 112 valence electrons. The summed E-state index contributed by atoms with van der Waals surface area (Å²) in [6.45, 7) is 0. The van der Waals surface area contributed by atoms with Crippen molar-refractivity contribution in [2.75, 3.05) is 4.72 Å². The fourth-order valence-corrected chi connectivity index (χ4v) is 2.75. The van der Waals surface area contributed by atoms with Crippen molar-refractivity contribution < 1.29 is 18.4 Å². The molecule has 2 rings (SSSR count). The summed E-state index contributed by atoms with van der Waals surface area (Å²) in [5, 5.41) is 31.1. The highest BCUT2D eigenvalue weighted by Gasteiger charge is 2.17. The standard InChI is InChI=1S/C13H9N3O5S/c14-8-9-2-1-3-11(6-9)22(20,21)15-12-7-10(16(18)19)4-5-13(12)17/h1-7,15,17H/p-1. The molecule has 0 aliphatic rings. The Labute approximate surface area is 125 Å². The summed E-state index contributed by atoms with van der Waals surface area (Å²) in [7, 11) is -4.13. The first-order chi connectivity index (χ1) is 10.3. The van der Waals surface area contributed by atoms with E-state index in [1.165, 1.54) is 18.2 Å². The first-order valence-electron chi connectivity index (χ1n) is 5.82. The molecule has 2 aromatic carbocycles. The lowest BCUT2D eigenvalue weighted by Crippen LogP contribution is -2.14. The average Bonchev–Trinajstić information content (AvgIpc) is 2.49. The third-order valence-electron chi connectivity index (χ3n) is 2.69. The van der Waals surface area contributed by atoms with Crippen LogP contribution in [0.3, 0.4) is 0 Å². The molecule has 0 spiro atoms. The Morgan fingerprint density at radius 2 is 1.91 bits per heavy atom. The number of non-ortho nitro benzene ring substituents is 1. The molecule has 22 heavy (non-hydrogen) atoms. The molecule has 8 nitrogen and oxygen atoms in total. The van der Waals surface area contributed by atoms with Crippen LogP contribution in [-0.2, 0) is 10.0 Å². The van der Waals surface area contributed by atoms with E-state index in [9.17, 15) is 23.6 Å². The highest BCUT2D eigenvalue weighted by Crippen LogP contribution is 2.28. The Morgan fingerprint density at radius 3 is 2.55 bits per heavy atom. The molecule has 0 aliphatic heterocycles. The second kappa shape index (κ2) is 5.71. The molecule has 0 saturated heterocycles. The molecular weight excluding hydrogens is 310 g/mol. The van der Waals surface area contributed by atoms with Gasteiger partial charge < -0.3 is 5.11 Å². The van der Waals surface area contributed by atoms with Gasteiger partial charge in [0.05, 0.1) is 21.5 Å². The van der Waals surface area contributed by atoms with Crippen LogP contribution in [0.5, 0.6) is 5.75 Å². The van der Waals surface area contributed by atoms with Gasteiger partial charge in [-0.05, 0) is 18.2 Å². The maximum absolute atomic E-state index is 12.2. The minimum atomic E-state index is -4.13. The lowest BCUT2D eigenvalue weighted by Gasteiger charge is -2.15. The second-order valence-electron chi connectivity index (χ2n) is 4.18. The normalized spacial score (nSPS) is 10.7. The molecule has 0 unspecified atom stereocenters. The van der Waals surface area contributed by atoms with Crippen LogP contribution in [0.25, 0.3) is 0 Å². The number of benzene rings is 2. The Balaban J connectivity index is 2.43. The van der Waals surface area contributed by atoms with Gasteiger partial charge >= 0.3 is 0 Å². The molecule has 0 aromatic heterocycles. The van der Waals surface area contributed by atoms with Crippen molar-refractivity contribution in [1.82, 2.24) is 0 Å². The van der Waals surface area contributed by atoms with Crippen molar-refractivity contribution in [3.8, 4) is 11.8 Å². The number of nitro benzene ring substituents is 1. The maximum atomic E-state index is 12.2. The first kappa shape index (κ1) is 15.3. The van der Waals surface area contributed by atoms with Crippen LogP contribution in [0.4, 0.5) is 11.4 Å². The number of hydrogen-bond donors (Lipinski definition) is 1. The summed E-state index contributed by atoms with van der Waals surface area (Å²) in [4.78, 5) is 9.71. The number of nitrogens with zero attached hydrogens (tertiary/aromatic N) is 2. The number of hydrogen-bond acceptors (Lipinski definition) is 6. The topological polar surface area (TPSA) is 136 Å². The van der Waals surface area contributed by atoms with E-state index in [1.54, 1.807) is 6.07 Å². The van der Waals surface area contributed by atoms with Crippen LogP contribution in [0.2, 0.25) is 0 Å². The van der Waals surface area contributed by atoms with Crippen LogP contribution in [-0.4, -0.2) is 13.3 Å². The monoisotopic (exact) mass is 318 g/mol. The molecular formula is C13H8N3O5S-.